The topological polar surface area (TPSA) is 80.8 Å². The first-order chi connectivity index (χ1) is 18.5. The van der Waals surface area contributed by atoms with Crippen molar-refractivity contribution in [2.24, 2.45) is 14.1 Å². The summed E-state index contributed by atoms with van der Waals surface area (Å²) in [5, 5.41) is 18.1. The SMILES string of the molecule is CCN(c1nc2c(cc1CN(Cc1cc(C)cc(C(F)(F)F)c1)c1nnn(C)n1)c(C)nn2C)C1CCCC1. The number of rotatable bonds is 8. The number of hydrogen-bond acceptors (Lipinski definition) is 7. The summed E-state index contributed by atoms with van der Waals surface area (Å²) in [4.78, 5) is 10.7. The van der Waals surface area contributed by atoms with Gasteiger partial charge in [0, 0.05) is 43.7 Å². The average Bonchev–Trinajstić information content (AvgIpc) is 3.61. The molecule has 0 bridgehead atoms. The molecule has 0 saturated heterocycles. The van der Waals surface area contributed by atoms with Crippen molar-refractivity contribution < 1.29 is 13.2 Å². The molecule has 1 saturated carbocycles. The highest BCUT2D eigenvalue weighted by molar-refractivity contribution is 5.82. The highest BCUT2D eigenvalue weighted by Crippen LogP contribution is 2.34. The Hall–Kier alpha value is -3.70. The normalized spacial score (nSPS) is 14.5. The molecule has 9 nitrogen and oxygen atoms in total. The molecule has 1 aliphatic carbocycles. The van der Waals surface area contributed by atoms with Gasteiger partial charge in [0.15, 0.2) is 5.65 Å². The molecule has 3 heterocycles. The van der Waals surface area contributed by atoms with E-state index in [1.54, 1.807) is 24.7 Å². The zero-order valence-electron chi connectivity index (χ0n) is 23.0. The number of nitrogens with zero attached hydrogens (tertiary/aromatic N) is 9. The van der Waals surface area contributed by atoms with Crippen LogP contribution in [0.2, 0.25) is 0 Å². The molecular weight excluding hydrogens is 507 g/mol. The predicted molar refractivity (Wildman–Crippen MR) is 143 cm³/mol. The largest absolute Gasteiger partial charge is 0.416 e. The van der Waals surface area contributed by atoms with Gasteiger partial charge in [-0.2, -0.15) is 23.1 Å². The Bertz CT molecular complexity index is 1470. The lowest BCUT2D eigenvalue weighted by atomic mass is 10.1. The lowest BCUT2D eigenvalue weighted by molar-refractivity contribution is -0.137. The number of fused-ring (bicyclic) bond motifs is 1. The van der Waals surface area contributed by atoms with Crippen molar-refractivity contribution >= 4 is 22.8 Å². The zero-order chi connectivity index (χ0) is 27.9. The molecule has 0 unspecified atom stereocenters. The molecule has 0 radical (unpaired) electrons. The van der Waals surface area contributed by atoms with Crippen molar-refractivity contribution in [1.82, 2.24) is 35.0 Å². The van der Waals surface area contributed by atoms with E-state index in [0.29, 0.717) is 29.7 Å². The first kappa shape index (κ1) is 26.9. The molecule has 0 atom stereocenters. The molecule has 1 aromatic carbocycles. The van der Waals surface area contributed by atoms with E-state index in [2.05, 4.69) is 38.4 Å². The molecular formula is C27H34F3N9. The minimum absolute atomic E-state index is 0.176. The average molecular weight is 542 g/mol. The Morgan fingerprint density at radius 2 is 1.74 bits per heavy atom. The molecule has 1 fully saturated rings. The third-order valence-electron chi connectivity index (χ3n) is 7.41. The van der Waals surface area contributed by atoms with Gasteiger partial charge >= 0.3 is 6.18 Å². The molecule has 39 heavy (non-hydrogen) atoms. The van der Waals surface area contributed by atoms with Gasteiger partial charge in [-0.05, 0) is 62.6 Å². The number of anilines is 2. The van der Waals surface area contributed by atoms with E-state index in [9.17, 15) is 13.2 Å². The third kappa shape index (κ3) is 5.55. The number of aryl methyl sites for hydroxylation is 4. The van der Waals surface area contributed by atoms with Gasteiger partial charge in [0.1, 0.15) is 5.82 Å². The lowest BCUT2D eigenvalue weighted by Crippen LogP contribution is -2.35. The van der Waals surface area contributed by atoms with Crippen LogP contribution in [0.1, 0.15) is 60.6 Å². The number of benzene rings is 1. The summed E-state index contributed by atoms with van der Waals surface area (Å²) in [6, 6.07) is 6.63. The van der Waals surface area contributed by atoms with E-state index < -0.39 is 11.7 Å². The van der Waals surface area contributed by atoms with Gasteiger partial charge < -0.3 is 9.80 Å². The van der Waals surface area contributed by atoms with Crippen LogP contribution in [-0.2, 0) is 33.4 Å². The molecule has 0 amide bonds. The molecule has 0 N–H and O–H groups in total. The second-order valence-corrected chi connectivity index (χ2v) is 10.4. The number of halogens is 3. The van der Waals surface area contributed by atoms with E-state index in [4.69, 9.17) is 4.98 Å². The summed E-state index contributed by atoms with van der Waals surface area (Å²) in [7, 11) is 3.56. The first-order valence-corrected chi connectivity index (χ1v) is 13.3. The fourth-order valence-corrected chi connectivity index (χ4v) is 5.68. The van der Waals surface area contributed by atoms with Crippen LogP contribution in [0.15, 0.2) is 24.3 Å². The van der Waals surface area contributed by atoms with Gasteiger partial charge in [0.25, 0.3) is 5.95 Å². The number of alkyl halides is 3. The minimum atomic E-state index is -4.43. The number of hydrogen-bond donors (Lipinski definition) is 0. The standard InChI is InChI=1S/C27H34F3N9/c1-6-39(22-9-7-8-10-22)24-20(14-23-18(3)33-36(4)25(23)31-24)16-38(26-32-35-37(5)34-26)15-19-11-17(2)12-21(13-19)27(28,29)30/h11-14,22H,6-10,15-16H2,1-5H3. The quantitative estimate of drug-likeness (QED) is 0.307. The maximum absolute atomic E-state index is 13.6. The van der Waals surface area contributed by atoms with Crippen LogP contribution in [0, 0.1) is 13.8 Å². The van der Waals surface area contributed by atoms with Gasteiger partial charge in [-0.15, -0.1) is 5.10 Å². The zero-order valence-corrected chi connectivity index (χ0v) is 23.0. The van der Waals surface area contributed by atoms with E-state index in [1.165, 1.54) is 23.7 Å². The minimum Gasteiger partial charge on any atom is -0.354 e. The first-order valence-electron chi connectivity index (χ1n) is 13.3. The van der Waals surface area contributed by atoms with Crippen LogP contribution in [0.3, 0.4) is 0 Å². The van der Waals surface area contributed by atoms with Crippen molar-refractivity contribution in [2.75, 3.05) is 16.3 Å². The summed E-state index contributed by atoms with van der Waals surface area (Å²) in [6.45, 7) is 7.08. The fraction of sp³-hybridized carbons (Fsp3) is 0.519. The fourth-order valence-electron chi connectivity index (χ4n) is 5.68. The molecule has 12 heteroatoms. The van der Waals surface area contributed by atoms with Crippen LogP contribution in [0.4, 0.5) is 24.9 Å². The van der Waals surface area contributed by atoms with Crippen LogP contribution in [-0.4, -0.2) is 47.6 Å². The van der Waals surface area contributed by atoms with Crippen molar-refractivity contribution in [3.63, 3.8) is 0 Å². The van der Waals surface area contributed by atoms with Crippen molar-refractivity contribution in [3.8, 4) is 0 Å². The summed E-state index contributed by atoms with van der Waals surface area (Å²) in [5.74, 6) is 1.21. The highest BCUT2D eigenvalue weighted by Gasteiger charge is 2.31. The molecule has 1 aliphatic rings. The van der Waals surface area contributed by atoms with E-state index in [1.807, 2.05) is 18.9 Å². The maximum atomic E-state index is 13.6. The number of pyridine rings is 1. The van der Waals surface area contributed by atoms with Gasteiger partial charge in [-0.1, -0.05) is 29.6 Å². The molecule has 4 aromatic rings. The van der Waals surface area contributed by atoms with Gasteiger partial charge in [0.05, 0.1) is 18.3 Å². The van der Waals surface area contributed by atoms with Gasteiger partial charge in [-0.25, -0.2) is 4.98 Å². The van der Waals surface area contributed by atoms with Crippen molar-refractivity contribution in [1.29, 1.82) is 0 Å². The van der Waals surface area contributed by atoms with Crippen molar-refractivity contribution in [2.45, 2.75) is 71.8 Å². The number of tetrazole rings is 1. The Labute approximate surface area is 225 Å². The smallest absolute Gasteiger partial charge is 0.354 e. The molecule has 3 aromatic heterocycles. The van der Waals surface area contributed by atoms with E-state index in [-0.39, 0.29) is 6.54 Å². The van der Waals surface area contributed by atoms with Crippen molar-refractivity contribution in [3.05, 3.63) is 52.2 Å². The van der Waals surface area contributed by atoms with Crippen LogP contribution >= 0.6 is 0 Å². The second-order valence-electron chi connectivity index (χ2n) is 10.4. The Kier molecular flexibility index (Phi) is 7.21. The summed E-state index contributed by atoms with van der Waals surface area (Å²) in [6.07, 6.45) is 0.161. The van der Waals surface area contributed by atoms with E-state index in [0.717, 1.165) is 53.6 Å². The monoisotopic (exact) mass is 541 g/mol. The summed E-state index contributed by atoms with van der Waals surface area (Å²) >= 11 is 0. The molecule has 208 valence electrons. The Morgan fingerprint density at radius 3 is 2.38 bits per heavy atom. The van der Waals surface area contributed by atoms with Gasteiger partial charge in [0.2, 0.25) is 0 Å². The summed E-state index contributed by atoms with van der Waals surface area (Å²) < 4.78 is 42.6. The van der Waals surface area contributed by atoms with Crippen LogP contribution in [0.25, 0.3) is 11.0 Å². The van der Waals surface area contributed by atoms with Gasteiger partial charge in [-0.3, -0.25) is 4.68 Å². The second kappa shape index (κ2) is 10.5. The third-order valence-corrected chi connectivity index (χ3v) is 7.41. The predicted octanol–water partition coefficient (Wildman–Crippen LogP) is 5.10. The van der Waals surface area contributed by atoms with Crippen LogP contribution < -0.4 is 9.80 Å². The van der Waals surface area contributed by atoms with Crippen LogP contribution in [0.5, 0.6) is 0 Å². The Morgan fingerprint density at radius 1 is 1.00 bits per heavy atom. The molecule has 5 rings (SSSR count). The molecule has 0 spiro atoms. The summed E-state index contributed by atoms with van der Waals surface area (Å²) in [5.41, 5.74) is 3.02. The Balaban J connectivity index is 1.60. The van der Waals surface area contributed by atoms with E-state index >= 15 is 0 Å². The lowest BCUT2D eigenvalue weighted by Gasteiger charge is -2.32. The highest BCUT2D eigenvalue weighted by atomic mass is 19.4. The number of aromatic nitrogens is 7. The maximum Gasteiger partial charge on any atom is 0.416 e. The molecule has 0 aliphatic heterocycles.